The van der Waals surface area contributed by atoms with Crippen molar-refractivity contribution in [1.82, 2.24) is 20.4 Å². The van der Waals surface area contributed by atoms with Crippen LogP contribution < -0.4 is 10.2 Å². The quantitative estimate of drug-likeness (QED) is 0.514. The highest BCUT2D eigenvalue weighted by molar-refractivity contribution is 7.19. The number of aliphatic imine (C=N–C) groups is 1. The Balaban J connectivity index is 1.58. The minimum Gasteiger partial charge on any atom is -0.372 e. The Morgan fingerprint density at radius 2 is 2.09 bits per heavy atom. The monoisotopic (exact) mass is 512 g/mol. The van der Waals surface area contributed by atoms with Gasteiger partial charge in [-0.1, -0.05) is 51.3 Å². The third kappa shape index (κ3) is 3.02. The van der Waals surface area contributed by atoms with Gasteiger partial charge in [0.2, 0.25) is 5.58 Å². The maximum Gasteiger partial charge on any atom is 0.206 e. The lowest BCUT2D eigenvalue weighted by Gasteiger charge is -2.55. The second kappa shape index (κ2) is 7.51. The number of hydrogen-bond donors (Lipinski definition) is 1. The number of aromatic nitrogens is 3. The minimum absolute atomic E-state index is 0.00607. The van der Waals surface area contributed by atoms with Crippen LogP contribution in [0.25, 0.3) is 21.7 Å². The van der Waals surface area contributed by atoms with E-state index in [9.17, 15) is 0 Å². The summed E-state index contributed by atoms with van der Waals surface area (Å²) >= 11 is 20.5. The molecular formula is C20H19Cl3N6O2S. The highest BCUT2D eigenvalue weighted by Gasteiger charge is 2.53. The topological polar surface area (TPSA) is 88.7 Å². The zero-order valence-electron chi connectivity index (χ0n) is 17.2. The second-order valence-corrected chi connectivity index (χ2v) is 10.9. The van der Waals surface area contributed by atoms with E-state index >= 15 is 0 Å². The molecule has 1 N–H and O–H groups in total. The van der Waals surface area contributed by atoms with Crippen molar-refractivity contribution in [2.24, 2.45) is 10.4 Å². The van der Waals surface area contributed by atoms with Crippen LogP contribution in [0, 0.1) is 5.41 Å². The number of ether oxygens (including phenoxy) is 1. The molecule has 0 aromatic carbocycles. The highest BCUT2D eigenvalue weighted by atomic mass is 35.5. The maximum absolute atomic E-state index is 6.97. The Labute approximate surface area is 202 Å². The van der Waals surface area contributed by atoms with Crippen LogP contribution in [-0.2, 0) is 11.2 Å². The third-order valence-corrected chi connectivity index (χ3v) is 8.33. The summed E-state index contributed by atoms with van der Waals surface area (Å²) in [5.41, 5.74) is 2.97. The number of hydrogen-bond acceptors (Lipinski definition) is 9. The maximum atomic E-state index is 6.97. The minimum atomic E-state index is -0.266. The number of fused-ring (bicyclic) bond motifs is 5. The number of thiazole rings is 1. The lowest BCUT2D eigenvalue weighted by molar-refractivity contribution is -0.0522. The van der Waals surface area contributed by atoms with E-state index in [1.807, 2.05) is 0 Å². The standard InChI is InChI=1S/C20H19Cl3N6O2S/c1-8-4-29-14-10(3-20(5-24-7-25-6-20)17(29)9(2)30-8)26-12-13(28-31-15(12)11(14)21)16-18(22)27-19(23)32-16/h5,8-9,17,25H,3-4,6-7H2,1-2H3/t8-,9+,17-,20?/m1/s1. The molecule has 0 saturated carbocycles. The van der Waals surface area contributed by atoms with Gasteiger partial charge >= 0.3 is 0 Å². The first-order valence-electron chi connectivity index (χ1n) is 10.3. The van der Waals surface area contributed by atoms with E-state index in [-0.39, 0.29) is 28.8 Å². The summed E-state index contributed by atoms with van der Waals surface area (Å²) in [6, 6.07) is 0.0663. The molecule has 3 aliphatic rings. The summed E-state index contributed by atoms with van der Waals surface area (Å²) in [5, 5.41) is 8.42. The summed E-state index contributed by atoms with van der Waals surface area (Å²) in [7, 11) is 0. The molecule has 6 heterocycles. The van der Waals surface area contributed by atoms with Crippen molar-refractivity contribution in [2.45, 2.75) is 38.5 Å². The first-order chi connectivity index (χ1) is 15.4. The van der Waals surface area contributed by atoms with Crippen LogP contribution in [0.4, 0.5) is 5.69 Å². The molecule has 4 atom stereocenters. The van der Waals surface area contributed by atoms with Crippen molar-refractivity contribution >= 4 is 69.1 Å². The molecule has 1 fully saturated rings. The predicted molar refractivity (Wildman–Crippen MR) is 127 cm³/mol. The molecule has 0 radical (unpaired) electrons. The average Bonchev–Trinajstić information content (AvgIpc) is 3.30. The molecular weight excluding hydrogens is 495 g/mol. The summed E-state index contributed by atoms with van der Waals surface area (Å²) in [6.07, 6.45) is 2.79. The van der Waals surface area contributed by atoms with Crippen molar-refractivity contribution in [1.29, 1.82) is 0 Å². The Hall–Kier alpha value is -1.49. The van der Waals surface area contributed by atoms with Crippen LogP contribution in [0.2, 0.25) is 14.6 Å². The number of nitrogens with one attached hydrogen (secondary N) is 1. The van der Waals surface area contributed by atoms with E-state index in [1.165, 1.54) is 11.3 Å². The largest absolute Gasteiger partial charge is 0.372 e. The Morgan fingerprint density at radius 3 is 2.81 bits per heavy atom. The second-order valence-electron chi connectivity index (χ2n) is 8.57. The fourth-order valence-electron chi connectivity index (χ4n) is 5.41. The van der Waals surface area contributed by atoms with Crippen LogP contribution in [0.5, 0.6) is 0 Å². The molecule has 3 aromatic heterocycles. The summed E-state index contributed by atoms with van der Waals surface area (Å²) in [4.78, 5) is 16.6. The number of pyridine rings is 1. The summed E-state index contributed by atoms with van der Waals surface area (Å²) in [6.45, 7) is 6.28. The lowest BCUT2D eigenvalue weighted by atomic mass is 9.70. The van der Waals surface area contributed by atoms with Gasteiger partial charge in [0.1, 0.15) is 10.5 Å². The SMILES string of the molecule is C[C@@H]1CN2c3c(nc4c(-c5sc(Cl)nc5Cl)noc4c3Cl)CC3(C=NCNC3)[C@H]2[C@H](C)O1. The number of anilines is 1. The van der Waals surface area contributed by atoms with Gasteiger partial charge in [-0.3, -0.25) is 10.3 Å². The molecule has 6 rings (SSSR count). The van der Waals surface area contributed by atoms with Crippen LogP contribution >= 0.6 is 46.1 Å². The van der Waals surface area contributed by atoms with Gasteiger partial charge < -0.3 is 14.2 Å². The van der Waals surface area contributed by atoms with Gasteiger partial charge in [0, 0.05) is 31.1 Å². The zero-order valence-corrected chi connectivity index (χ0v) is 20.3. The normalized spacial score (nSPS) is 29.5. The molecule has 168 valence electrons. The molecule has 1 spiro atoms. The van der Waals surface area contributed by atoms with Crippen LogP contribution in [-0.4, -0.2) is 59.3 Å². The summed E-state index contributed by atoms with van der Waals surface area (Å²) < 4.78 is 12.2. The molecule has 0 aliphatic carbocycles. The van der Waals surface area contributed by atoms with Crippen LogP contribution in [0.15, 0.2) is 9.52 Å². The fourth-order valence-corrected chi connectivity index (χ4v) is 7.12. The van der Waals surface area contributed by atoms with Crippen LogP contribution in [0.1, 0.15) is 19.5 Å². The lowest BCUT2D eigenvalue weighted by Crippen LogP contribution is -2.67. The number of rotatable bonds is 1. The molecule has 0 bridgehead atoms. The van der Waals surface area contributed by atoms with Crippen molar-refractivity contribution in [3.8, 4) is 10.6 Å². The molecule has 12 heteroatoms. The first kappa shape index (κ1) is 21.1. The number of nitrogens with zero attached hydrogens (tertiary/aromatic N) is 5. The molecule has 1 saturated heterocycles. The fraction of sp³-hybridized carbons (Fsp3) is 0.500. The van der Waals surface area contributed by atoms with E-state index in [0.717, 1.165) is 17.9 Å². The van der Waals surface area contributed by atoms with Crippen molar-refractivity contribution in [2.75, 3.05) is 24.7 Å². The van der Waals surface area contributed by atoms with Gasteiger partial charge in [-0.25, -0.2) is 9.97 Å². The Bertz CT molecular complexity index is 1260. The zero-order chi connectivity index (χ0) is 22.2. The molecule has 8 nitrogen and oxygen atoms in total. The third-order valence-electron chi connectivity index (χ3n) is 6.43. The first-order valence-corrected chi connectivity index (χ1v) is 12.3. The average molecular weight is 514 g/mol. The molecule has 3 aliphatic heterocycles. The van der Waals surface area contributed by atoms with Crippen molar-refractivity contribution in [3.05, 3.63) is 20.3 Å². The van der Waals surface area contributed by atoms with Gasteiger partial charge in [-0.05, 0) is 13.8 Å². The van der Waals surface area contributed by atoms with E-state index < -0.39 is 0 Å². The molecule has 3 aromatic rings. The summed E-state index contributed by atoms with van der Waals surface area (Å²) in [5.74, 6) is 0. The van der Waals surface area contributed by atoms with Gasteiger partial charge in [0.15, 0.2) is 15.3 Å². The highest BCUT2D eigenvalue weighted by Crippen LogP contribution is 2.50. The molecule has 1 unspecified atom stereocenters. The van der Waals surface area contributed by atoms with E-state index in [0.29, 0.717) is 50.8 Å². The smallest absolute Gasteiger partial charge is 0.206 e. The van der Waals surface area contributed by atoms with Crippen molar-refractivity contribution in [3.63, 3.8) is 0 Å². The molecule has 32 heavy (non-hydrogen) atoms. The number of morpholine rings is 1. The van der Waals surface area contributed by atoms with Gasteiger partial charge in [-0.2, -0.15) is 0 Å². The van der Waals surface area contributed by atoms with E-state index in [4.69, 9.17) is 49.0 Å². The van der Waals surface area contributed by atoms with Gasteiger partial charge in [-0.15, -0.1) is 0 Å². The Kier molecular flexibility index (Phi) is 4.95. The van der Waals surface area contributed by atoms with Gasteiger partial charge in [0.25, 0.3) is 0 Å². The van der Waals surface area contributed by atoms with Crippen molar-refractivity contribution < 1.29 is 9.26 Å². The van der Waals surface area contributed by atoms with Gasteiger partial charge in [0.05, 0.1) is 41.2 Å². The van der Waals surface area contributed by atoms with E-state index in [2.05, 4.69) is 45.4 Å². The van der Waals surface area contributed by atoms with Crippen LogP contribution in [0.3, 0.4) is 0 Å². The molecule has 0 amide bonds. The Morgan fingerprint density at radius 1 is 1.25 bits per heavy atom. The predicted octanol–water partition coefficient (Wildman–Crippen LogP) is 4.46. The number of halogens is 3. The van der Waals surface area contributed by atoms with E-state index in [1.54, 1.807) is 0 Å².